The van der Waals surface area contributed by atoms with Gasteiger partial charge in [-0.05, 0) is 69.4 Å². The summed E-state index contributed by atoms with van der Waals surface area (Å²) < 4.78 is 72.5. The smallest absolute Gasteiger partial charge is 0.411 e. The van der Waals surface area contributed by atoms with Crippen molar-refractivity contribution in [2.45, 2.75) is 129 Å². The summed E-state index contributed by atoms with van der Waals surface area (Å²) in [4.78, 5) is 122. The quantitative estimate of drug-likeness (QED) is 0.0140. The number of nitrogens with zero attached hydrogens (tertiary/aromatic N) is 5. The van der Waals surface area contributed by atoms with Crippen molar-refractivity contribution < 1.29 is 99.7 Å². The van der Waals surface area contributed by atoms with Crippen molar-refractivity contribution in [1.82, 2.24) is 40.6 Å². The van der Waals surface area contributed by atoms with Crippen LogP contribution in [0.1, 0.15) is 106 Å². The first-order valence-corrected chi connectivity index (χ1v) is 35.7. The van der Waals surface area contributed by atoms with Gasteiger partial charge < -0.3 is 82.8 Å². The van der Waals surface area contributed by atoms with Crippen molar-refractivity contribution in [3.63, 3.8) is 0 Å². The summed E-state index contributed by atoms with van der Waals surface area (Å²) in [5.41, 5.74) is 2.95. The Labute approximate surface area is 604 Å². The summed E-state index contributed by atoms with van der Waals surface area (Å²) in [6, 6.07) is 11.7. The van der Waals surface area contributed by atoms with Crippen molar-refractivity contribution in [3.8, 4) is 17.1 Å². The zero-order valence-electron chi connectivity index (χ0n) is 60.6. The summed E-state index contributed by atoms with van der Waals surface area (Å²) in [6.45, 7) is 13.4. The maximum Gasteiger partial charge on any atom is 0.411 e. The number of benzene rings is 2. The molecule has 0 bridgehead atoms. The molecule has 7 amide bonds. The molecule has 0 aliphatic carbocycles. The van der Waals surface area contributed by atoms with Crippen molar-refractivity contribution in [2.24, 2.45) is 0 Å². The normalized spacial score (nSPS) is 16.1. The van der Waals surface area contributed by atoms with E-state index in [-0.39, 0.29) is 131 Å². The molecule has 4 aliphatic rings. The number of imide groups is 1. The van der Waals surface area contributed by atoms with Crippen molar-refractivity contribution in [1.29, 1.82) is 0 Å². The van der Waals surface area contributed by atoms with Gasteiger partial charge >= 0.3 is 12.1 Å². The fraction of sp³-hybridized carbons (Fsp3) is 0.589. The molecule has 31 heteroatoms. The zero-order chi connectivity index (χ0) is 74.6. The molecule has 570 valence electrons. The number of methoxy groups -OCH3 is 1. The van der Waals surface area contributed by atoms with Crippen LogP contribution in [0.15, 0.2) is 59.4 Å². The minimum atomic E-state index is -1.97. The SMILES string of the molecule is CC[C@@]1(O)C(=O)OCc2c1cc1n(c2=O)Cc2c-1nc1cc(F)c(OC)cc1c2CN1CCC([N+](C)(C)Cc2ccc(NC(=O)OCCOCCOCCOCCOCCOCCOCCOCCNC(=O)CC[C@H](NC(=O)CCCN3C(=O)C=CC3=O)C(=O)NCCCC(=O)NC(C)C)cc2)CC1. The number of aromatic nitrogens is 2. The molecule has 0 unspecified atom stereocenters. The van der Waals surface area contributed by atoms with Crippen molar-refractivity contribution in [3.05, 3.63) is 98.6 Å². The number of piperidine rings is 1. The van der Waals surface area contributed by atoms with Crippen molar-refractivity contribution >= 4 is 64.1 Å². The molecular formula is C73H102FN10O20+. The topological polar surface area (TPSA) is 351 Å². The summed E-state index contributed by atoms with van der Waals surface area (Å²) in [6.07, 6.45) is 4.25. The van der Waals surface area contributed by atoms with Gasteiger partial charge in [0, 0.05) is 123 Å². The number of likely N-dealkylation sites (tertiary alicyclic amines) is 1. The number of halogens is 1. The summed E-state index contributed by atoms with van der Waals surface area (Å²) in [5, 5.41) is 25.8. The van der Waals surface area contributed by atoms with E-state index in [0.717, 1.165) is 76.1 Å². The van der Waals surface area contributed by atoms with Gasteiger partial charge in [-0.25, -0.2) is 19.0 Å². The van der Waals surface area contributed by atoms with E-state index in [1.54, 1.807) is 23.6 Å². The molecule has 0 radical (unpaired) electrons. The molecule has 1 fully saturated rings. The number of fused-ring (bicyclic) bond motifs is 5. The van der Waals surface area contributed by atoms with E-state index >= 15 is 4.39 Å². The van der Waals surface area contributed by atoms with Gasteiger partial charge in [-0.3, -0.25) is 48.7 Å². The minimum Gasteiger partial charge on any atom is -0.494 e. The van der Waals surface area contributed by atoms with E-state index in [4.69, 9.17) is 52.4 Å². The van der Waals surface area contributed by atoms with Gasteiger partial charge in [0.1, 0.15) is 25.8 Å². The molecule has 6 N–H and O–H groups in total. The molecule has 2 aromatic heterocycles. The van der Waals surface area contributed by atoms with E-state index in [1.807, 2.05) is 38.1 Å². The van der Waals surface area contributed by atoms with E-state index in [9.17, 15) is 48.3 Å². The molecule has 104 heavy (non-hydrogen) atoms. The number of carbonyl (C=O) groups excluding carboxylic acids is 8. The first kappa shape index (κ1) is 81.3. The number of hydrogen-bond donors (Lipinski definition) is 6. The predicted molar refractivity (Wildman–Crippen MR) is 377 cm³/mol. The van der Waals surface area contributed by atoms with Gasteiger partial charge in [0.05, 0.1) is 149 Å². The number of carbonyl (C=O) groups is 8. The number of ether oxygens (including phenoxy) is 10. The standard InChI is InChI=1S/C73H101FN10O20/c1-7-73(94)57-43-61-68-55(46-83(61)70(91)56(57)48-104-71(73)92)54(53-42-62(95-6)58(74)44-60(53)80-68)45-81-25-20-52(21-26-81)84(4,5)47-50-12-14-51(15-13-50)78-72(93)103-41-40-102-39-38-101-37-36-100-35-34-99-33-32-98-31-30-97-29-28-96-27-23-75-63(85)17-16-59(69(90)76-22-8-10-64(86)77-49(2)3)79-65(87)11-9-24-82-66(88)18-19-67(82)89/h12-15,18-19,42-44,49,52,59,94H,7-11,16-17,20-41,45-48H2,1-6H3,(H4-,75,76,77,78,79,85,86,87,90,93)/p+1/t59-,73-/m0/s1. The predicted octanol–water partition coefficient (Wildman–Crippen LogP) is 3.64. The third-order valence-corrected chi connectivity index (χ3v) is 18.4. The number of rotatable bonds is 46. The van der Waals surface area contributed by atoms with E-state index < -0.39 is 53.2 Å². The molecule has 4 aliphatic heterocycles. The molecule has 4 aromatic rings. The van der Waals surface area contributed by atoms with Gasteiger partial charge in [-0.15, -0.1) is 0 Å². The highest BCUT2D eigenvalue weighted by atomic mass is 19.1. The second kappa shape index (κ2) is 40.8. The largest absolute Gasteiger partial charge is 0.494 e. The molecule has 6 heterocycles. The highest BCUT2D eigenvalue weighted by molar-refractivity contribution is 6.12. The first-order valence-electron chi connectivity index (χ1n) is 35.7. The van der Waals surface area contributed by atoms with Gasteiger partial charge in [0.25, 0.3) is 17.4 Å². The van der Waals surface area contributed by atoms with Crippen molar-refractivity contribution in [2.75, 3.05) is 158 Å². The maximum absolute atomic E-state index is 15.3. The number of quaternary nitrogens is 1. The monoisotopic (exact) mass is 1460 g/mol. The average molecular weight is 1460 g/mol. The molecule has 30 nitrogen and oxygen atoms in total. The Morgan fingerprint density at radius 3 is 1.90 bits per heavy atom. The highest BCUT2D eigenvalue weighted by Crippen LogP contribution is 2.42. The number of pyridine rings is 2. The first-order chi connectivity index (χ1) is 50.1. The Morgan fingerprint density at radius 2 is 1.31 bits per heavy atom. The van der Waals surface area contributed by atoms with E-state index in [2.05, 4.69) is 45.6 Å². The highest BCUT2D eigenvalue weighted by Gasteiger charge is 2.46. The van der Waals surface area contributed by atoms with Gasteiger partial charge in [0.15, 0.2) is 17.2 Å². The minimum absolute atomic E-state index is 0.00846. The second-order valence-corrected chi connectivity index (χ2v) is 26.6. The lowest BCUT2D eigenvalue weighted by Crippen LogP contribution is -2.53. The van der Waals surface area contributed by atoms with E-state index in [1.165, 1.54) is 13.2 Å². The Hall–Kier alpha value is -8.37. The number of aliphatic hydroxyl groups is 1. The Morgan fingerprint density at radius 1 is 0.721 bits per heavy atom. The van der Waals surface area contributed by atoms with Crippen LogP contribution in [0, 0.1) is 5.82 Å². The third kappa shape index (κ3) is 23.8. The lowest BCUT2D eigenvalue weighted by molar-refractivity contribution is -0.929. The van der Waals surface area contributed by atoms with E-state index in [0.29, 0.717) is 121 Å². The number of nitrogens with one attached hydrogen (secondary N) is 5. The van der Waals surface area contributed by atoms with Crippen LogP contribution in [0.5, 0.6) is 5.75 Å². The van der Waals surface area contributed by atoms with Crippen LogP contribution in [-0.4, -0.2) is 248 Å². The number of hydrogen-bond acceptors (Lipinski definition) is 22. The fourth-order valence-corrected chi connectivity index (χ4v) is 12.8. The van der Waals surface area contributed by atoms with Crippen LogP contribution in [0.3, 0.4) is 0 Å². The molecule has 0 saturated carbocycles. The number of amides is 7. The molecule has 2 atom stereocenters. The number of esters is 1. The van der Waals surface area contributed by atoms with Gasteiger partial charge in [0.2, 0.25) is 23.6 Å². The fourth-order valence-electron chi connectivity index (χ4n) is 12.8. The maximum atomic E-state index is 15.3. The zero-order valence-corrected chi connectivity index (χ0v) is 60.6. The van der Waals surface area contributed by atoms with Crippen LogP contribution < -0.4 is 36.9 Å². The Bertz CT molecular complexity index is 3660. The van der Waals surface area contributed by atoms with Crippen LogP contribution in [0.2, 0.25) is 0 Å². The van der Waals surface area contributed by atoms with Gasteiger partial charge in [-0.1, -0.05) is 19.1 Å². The molecule has 0 spiro atoms. The summed E-state index contributed by atoms with van der Waals surface area (Å²) in [5.74, 6) is -3.65. The van der Waals surface area contributed by atoms with Crippen LogP contribution >= 0.6 is 0 Å². The molecule has 1 saturated heterocycles. The average Bonchev–Trinajstić information content (AvgIpc) is 1.46. The Kier molecular flexibility index (Phi) is 31.9. The van der Waals surface area contributed by atoms with Gasteiger partial charge in [-0.2, -0.15) is 0 Å². The van der Waals surface area contributed by atoms with Crippen LogP contribution in [0.25, 0.3) is 22.3 Å². The third-order valence-electron chi connectivity index (χ3n) is 18.4. The Balaban J connectivity index is 0.595. The second-order valence-electron chi connectivity index (χ2n) is 26.6. The lowest BCUT2D eigenvalue weighted by atomic mass is 9.86. The number of cyclic esters (lactones) is 1. The molecule has 2 aromatic carbocycles. The van der Waals surface area contributed by atoms with Crippen LogP contribution in [-0.2, 0) is 108 Å². The lowest BCUT2D eigenvalue weighted by Gasteiger charge is -2.43. The molecular weight excluding hydrogens is 1360 g/mol. The number of anilines is 1. The van der Waals surface area contributed by atoms with Crippen LogP contribution in [0.4, 0.5) is 14.9 Å². The summed E-state index contributed by atoms with van der Waals surface area (Å²) >= 11 is 0. The summed E-state index contributed by atoms with van der Waals surface area (Å²) in [7, 11) is 5.88. The molecule has 8 rings (SSSR count).